The van der Waals surface area contributed by atoms with Crippen LogP contribution >= 0.6 is 11.3 Å². The number of benzene rings is 2. The average Bonchev–Trinajstić information content (AvgIpc) is 3.38. The van der Waals surface area contributed by atoms with Crippen LogP contribution in [-0.2, 0) is 12.8 Å². The van der Waals surface area contributed by atoms with E-state index in [0.29, 0.717) is 24.5 Å². The highest BCUT2D eigenvalue weighted by Crippen LogP contribution is 2.37. The normalized spacial score (nSPS) is 15.3. The molecule has 2 aromatic carbocycles. The molecule has 8 nitrogen and oxygen atoms in total. The van der Waals surface area contributed by atoms with E-state index in [9.17, 15) is 0 Å². The largest absolute Gasteiger partial charge is 0.493 e. The van der Waals surface area contributed by atoms with Gasteiger partial charge in [-0.15, -0.1) is 10.2 Å². The van der Waals surface area contributed by atoms with Gasteiger partial charge in [0.15, 0.2) is 39.9 Å². The molecule has 5 rings (SSSR count). The van der Waals surface area contributed by atoms with E-state index in [1.807, 2.05) is 42.5 Å². The molecule has 9 heteroatoms. The van der Waals surface area contributed by atoms with E-state index in [1.54, 1.807) is 18.7 Å². The molecule has 2 aromatic heterocycles. The Bertz CT molecular complexity index is 1190. The van der Waals surface area contributed by atoms with Crippen molar-refractivity contribution in [3.05, 3.63) is 58.9 Å². The van der Waals surface area contributed by atoms with Crippen molar-refractivity contribution in [1.82, 2.24) is 19.8 Å². The van der Waals surface area contributed by atoms with Gasteiger partial charge in [-0.05, 0) is 36.2 Å². The summed E-state index contributed by atoms with van der Waals surface area (Å²) in [4.78, 5) is 0.745. The number of aryl methyl sites for hydroxylation is 2. The van der Waals surface area contributed by atoms with Gasteiger partial charge in [0, 0.05) is 6.42 Å². The Morgan fingerprint density at radius 2 is 1.87 bits per heavy atom. The smallest absolute Gasteiger partial charge is 0.234 e. The number of hydrogen-bond donors (Lipinski definition) is 0. The van der Waals surface area contributed by atoms with Gasteiger partial charge in [-0.1, -0.05) is 29.5 Å². The Labute approximate surface area is 177 Å². The monoisotopic (exact) mass is 424 g/mol. The molecule has 0 amide bonds. The molecule has 0 saturated heterocycles. The van der Waals surface area contributed by atoms with Crippen molar-refractivity contribution in [2.24, 2.45) is 0 Å². The van der Waals surface area contributed by atoms with Crippen LogP contribution in [0.15, 0.2) is 42.5 Å². The van der Waals surface area contributed by atoms with Crippen LogP contribution in [0.2, 0.25) is 0 Å². The second-order valence-electron chi connectivity index (χ2n) is 6.80. The lowest BCUT2D eigenvalue weighted by molar-refractivity contribution is 0.0904. The maximum atomic E-state index is 6.07. The first kappa shape index (κ1) is 18.7. The maximum Gasteiger partial charge on any atom is 0.234 e. The highest BCUT2D eigenvalue weighted by Gasteiger charge is 2.26. The fourth-order valence-electron chi connectivity index (χ4n) is 3.39. The minimum atomic E-state index is -0.259. The lowest BCUT2D eigenvalue weighted by atomic mass is 10.1. The molecule has 4 aromatic rings. The fraction of sp³-hybridized carbons (Fsp3) is 0.286. The van der Waals surface area contributed by atoms with Crippen LogP contribution in [0.25, 0.3) is 4.96 Å². The Hall–Kier alpha value is -3.33. The van der Waals surface area contributed by atoms with Crippen LogP contribution in [0.3, 0.4) is 0 Å². The predicted octanol–water partition coefficient (Wildman–Crippen LogP) is 3.50. The average molecular weight is 424 g/mol. The number of nitrogens with zero attached hydrogens (tertiary/aromatic N) is 4. The van der Waals surface area contributed by atoms with E-state index in [2.05, 4.69) is 10.2 Å². The topological polar surface area (TPSA) is 80.0 Å². The van der Waals surface area contributed by atoms with E-state index in [-0.39, 0.29) is 6.10 Å². The molecule has 1 atom stereocenters. The van der Waals surface area contributed by atoms with Gasteiger partial charge in [0.2, 0.25) is 4.96 Å². The maximum absolute atomic E-state index is 6.07. The predicted molar refractivity (Wildman–Crippen MR) is 111 cm³/mol. The molecule has 0 aliphatic carbocycles. The quantitative estimate of drug-likeness (QED) is 0.469. The minimum Gasteiger partial charge on any atom is -0.493 e. The third-order valence-corrected chi connectivity index (χ3v) is 5.93. The molecule has 1 aliphatic heterocycles. The molecule has 0 unspecified atom stereocenters. The van der Waals surface area contributed by atoms with Gasteiger partial charge in [0.25, 0.3) is 0 Å². The zero-order valence-corrected chi connectivity index (χ0v) is 17.4. The molecule has 0 spiro atoms. The SMILES string of the molecule is COc1ccc(CCc2nnc3sc([C@H]4COc5ccccc5O4)nn23)cc1OC. The first-order valence-electron chi connectivity index (χ1n) is 9.55. The summed E-state index contributed by atoms with van der Waals surface area (Å²) in [5.41, 5.74) is 1.13. The van der Waals surface area contributed by atoms with Crippen molar-refractivity contribution in [3.63, 3.8) is 0 Å². The van der Waals surface area contributed by atoms with Crippen LogP contribution in [0.1, 0.15) is 22.5 Å². The van der Waals surface area contributed by atoms with Gasteiger partial charge in [-0.25, -0.2) is 0 Å². The summed E-state index contributed by atoms with van der Waals surface area (Å²) in [7, 11) is 3.26. The minimum absolute atomic E-state index is 0.259. The molecule has 154 valence electrons. The van der Waals surface area contributed by atoms with Gasteiger partial charge in [-0.3, -0.25) is 0 Å². The van der Waals surface area contributed by atoms with Crippen LogP contribution in [0, 0.1) is 0 Å². The zero-order chi connectivity index (χ0) is 20.5. The van der Waals surface area contributed by atoms with Gasteiger partial charge in [0.05, 0.1) is 14.2 Å². The first-order valence-corrected chi connectivity index (χ1v) is 10.4. The Balaban J connectivity index is 1.33. The molecule has 0 fully saturated rings. The highest BCUT2D eigenvalue weighted by molar-refractivity contribution is 7.16. The van der Waals surface area contributed by atoms with Gasteiger partial charge < -0.3 is 18.9 Å². The number of hydrogen-bond acceptors (Lipinski definition) is 8. The molecule has 1 aliphatic rings. The van der Waals surface area contributed by atoms with Crippen molar-refractivity contribution in [2.75, 3.05) is 20.8 Å². The van der Waals surface area contributed by atoms with Crippen LogP contribution in [0.5, 0.6) is 23.0 Å². The van der Waals surface area contributed by atoms with Crippen molar-refractivity contribution < 1.29 is 18.9 Å². The fourth-order valence-corrected chi connectivity index (χ4v) is 4.26. The van der Waals surface area contributed by atoms with Crippen molar-refractivity contribution >= 4 is 16.3 Å². The lowest BCUT2D eigenvalue weighted by Crippen LogP contribution is -2.21. The third-order valence-electron chi connectivity index (χ3n) is 4.94. The molecular formula is C21H20N4O4S. The molecule has 0 N–H and O–H groups in total. The Morgan fingerprint density at radius 1 is 1.03 bits per heavy atom. The molecule has 30 heavy (non-hydrogen) atoms. The van der Waals surface area contributed by atoms with E-state index in [0.717, 1.165) is 39.3 Å². The number of para-hydroxylation sites is 2. The Morgan fingerprint density at radius 3 is 2.70 bits per heavy atom. The highest BCUT2D eigenvalue weighted by atomic mass is 32.1. The molecule has 0 radical (unpaired) electrons. The van der Waals surface area contributed by atoms with E-state index < -0.39 is 0 Å². The van der Waals surface area contributed by atoms with Gasteiger partial charge in [-0.2, -0.15) is 9.61 Å². The molecular weight excluding hydrogens is 404 g/mol. The summed E-state index contributed by atoms with van der Waals surface area (Å²) in [6, 6.07) is 13.6. The van der Waals surface area contributed by atoms with Crippen molar-refractivity contribution in [2.45, 2.75) is 18.9 Å². The van der Waals surface area contributed by atoms with Crippen LogP contribution in [-0.4, -0.2) is 40.6 Å². The molecule has 0 saturated carbocycles. The van der Waals surface area contributed by atoms with Crippen LogP contribution in [0.4, 0.5) is 0 Å². The summed E-state index contributed by atoms with van der Waals surface area (Å²) >= 11 is 1.47. The number of fused-ring (bicyclic) bond motifs is 2. The third kappa shape index (κ3) is 3.41. The van der Waals surface area contributed by atoms with E-state index in [4.69, 9.17) is 24.0 Å². The summed E-state index contributed by atoms with van der Waals surface area (Å²) in [6.45, 7) is 0.419. The first-order chi connectivity index (χ1) is 14.7. The molecule has 3 heterocycles. The summed E-state index contributed by atoms with van der Waals surface area (Å²) < 4.78 is 24.4. The second kappa shape index (κ2) is 7.83. The number of ether oxygens (including phenoxy) is 4. The van der Waals surface area contributed by atoms with Gasteiger partial charge >= 0.3 is 0 Å². The summed E-state index contributed by atoms with van der Waals surface area (Å²) in [6.07, 6.45) is 1.22. The van der Waals surface area contributed by atoms with Crippen molar-refractivity contribution in [1.29, 1.82) is 0 Å². The number of rotatable bonds is 6. The summed E-state index contributed by atoms with van der Waals surface area (Å²) in [5.74, 6) is 3.72. The number of methoxy groups -OCH3 is 2. The van der Waals surface area contributed by atoms with E-state index in [1.165, 1.54) is 11.3 Å². The lowest BCUT2D eigenvalue weighted by Gasteiger charge is -2.24. The van der Waals surface area contributed by atoms with E-state index >= 15 is 0 Å². The number of aromatic nitrogens is 4. The zero-order valence-electron chi connectivity index (χ0n) is 16.6. The van der Waals surface area contributed by atoms with Gasteiger partial charge in [0.1, 0.15) is 6.61 Å². The van der Waals surface area contributed by atoms with Crippen molar-refractivity contribution in [3.8, 4) is 23.0 Å². The second-order valence-corrected chi connectivity index (χ2v) is 7.79. The summed E-state index contributed by atoms with van der Waals surface area (Å²) in [5, 5.41) is 14.1. The molecule has 0 bridgehead atoms. The van der Waals surface area contributed by atoms with Crippen LogP contribution < -0.4 is 18.9 Å². The Kier molecular flexibility index (Phi) is 4.88. The standard InChI is InChI=1S/C21H20N4O4S/c1-26-14-9-7-13(11-17(14)27-2)8-10-19-22-23-21-25(19)24-20(30-21)18-12-28-15-5-3-4-6-16(15)29-18/h3-7,9,11,18H,8,10,12H2,1-2H3/t18-/m1/s1.